The monoisotopic (exact) mass is 401 g/mol. The Labute approximate surface area is 173 Å². The second-order valence-electron chi connectivity index (χ2n) is 8.43. The third-order valence-corrected chi connectivity index (χ3v) is 4.98. The van der Waals surface area contributed by atoms with Crippen molar-refractivity contribution in [3.63, 3.8) is 0 Å². The van der Waals surface area contributed by atoms with E-state index in [1.54, 1.807) is 18.2 Å². The summed E-state index contributed by atoms with van der Waals surface area (Å²) in [7, 11) is 1.90. The molecular weight excluding hydrogens is 369 g/mol. The highest BCUT2D eigenvalue weighted by molar-refractivity contribution is 5.98. The smallest absolute Gasteiger partial charge is 0.252 e. The van der Waals surface area contributed by atoms with Gasteiger partial charge in [0.1, 0.15) is 17.4 Å². The largest absolute Gasteiger partial charge is 0.493 e. The van der Waals surface area contributed by atoms with E-state index in [2.05, 4.69) is 20.8 Å². The van der Waals surface area contributed by atoms with Gasteiger partial charge >= 0.3 is 0 Å². The topological polar surface area (TPSA) is 68.5 Å². The minimum Gasteiger partial charge on any atom is -0.493 e. The van der Waals surface area contributed by atoms with Crippen molar-refractivity contribution < 1.29 is 13.9 Å². The number of primary amides is 1. The highest BCUT2D eigenvalue weighted by Crippen LogP contribution is 2.31. The molecule has 0 radical (unpaired) electrons. The lowest BCUT2D eigenvalue weighted by atomic mass is 9.96. The van der Waals surface area contributed by atoms with Crippen LogP contribution in [0.15, 0.2) is 30.3 Å². The number of nitrogens with two attached hydrogens (primary N) is 1. The molecule has 5 nitrogen and oxygen atoms in total. The van der Waals surface area contributed by atoms with Gasteiger partial charge in [-0.15, -0.1) is 0 Å². The Morgan fingerprint density at radius 1 is 1.28 bits per heavy atom. The fourth-order valence-electron chi connectivity index (χ4n) is 3.18. The van der Waals surface area contributed by atoms with Crippen LogP contribution in [-0.4, -0.2) is 30.1 Å². The lowest BCUT2D eigenvalue weighted by Gasteiger charge is -2.37. The number of anilines is 1. The summed E-state index contributed by atoms with van der Waals surface area (Å²) in [4.78, 5) is 18.7. The highest BCUT2D eigenvalue weighted by Gasteiger charge is 2.27. The van der Waals surface area contributed by atoms with Crippen LogP contribution in [0.1, 0.15) is 57.8 Å². The number of halogens is 1. The van der Waals surface area contributed by atoms with Gasteiger partial charge in [-0.1, -0.05) is 27.2 Å². The number of hydrogen-bond donors (Lipinski definition) is 1. The van der Waals surface area contributed by atoms with Crippen molar-refractivity contribution in [2.75, 3.05) is 18.6 Å². The van der Waals surface area contributed by atoms with Gasteiger partial charge in [-0.25, -0.2) is 9.37 Å². The molecule has 1 aromatic carbocycles. The number of amides is 1. The summed E-state index contributed by atoms with van der Waals surface area (Å²) < 4.78 is 19.9. The van der Waals surface area contributed by atoms with E-state index in [0.29, 0.717) is 40.9 Å². The lowest BCUT2D eigenvalue weighted by Crippen LogP contribution is -2.42. The maximum absolute atomic E-state index is 14.2. The molecule has 29 heavy (non-hydrogen) atoms. The summed E-state index contributed by atoms with van der Waals surface area (Å²) in [5.74, 6) is 0.329. The molecule has 0 saturated heterocycles. The number of rotatable bonds is 9. The summed E-state index contributed by atoms with van der Waals surface area (Å²) in [6.07, 6.45) is 1.91. The first-order valence-electron chi connectivity index (χ1n) is 10.0. The zero-order valence-electron chi connectivity index (χ0n) is 18.3. The van der Waals surface area contributed by atoms with Crippen molar-refractivity contribution in [2.45, 2.75) is 53.0 Å². The van der Waals surface area contributed by atoms with E-state index in [1.165, 1.54) is 12.1 Å². The number of carbonyl (C=O) groups is 1. The Kier molecular flexibility index (Phi) is 7.22. The van der Waals surface area contributed by atoms with Crippen LogP contribution in [0.3, 0.4) is 0 Å². The summed E-state index contributed by atoms with van der Waals surface area (Å²) in [6, 6.07) is 7.87. The maximum Gasteiger partial charge on any atom is 0.252 e. The van der Waals surface area contributed by atoms with E-state index >= 15 is 0 Å². The lowest BCUT2D eigenvalue weighted by molar-refractivity contribution is 0.100. The average Bonchev–Trinajstić information content (AvgIpc) is 2.64. The van der Waals surface area contributed by atoms with Crippen molar-refractivity contribution in [1.29, 1.82) is 0 Å². The molecule has 0 aliphatic rings. The molecule has 158 valence electrons. The van der Waals surface area contributed by atoms with Crippen LogP contribution in [0.5, 0.6) is 5.75 Å². The minimum absolute atomic E-state index is 0.224. The number of ether oxygens (including phenoxy) is 1. The molecule has 1 aromatic heterocycles. The quantitative estimate of drug-likeness (QED) is 0.639. The van der Waals surface area contributed by atoms with Crippen LogP contribution in [0.25, 0.3) is 11.3 Å². The number of aromatic nitrogens is 1. The van der Waals surface area contributed by atoms with Gasteiger partial charge in [0.05, 0.1) is 17.9 Å². The van der Waals surface area contributed by atoms with Gasteiger partial charge in [-0.2, -0.15) is 0 Å². The van der Waals surface area contributed by atoms with Crippen molar-refractivity contribution in [3.05, 3.63) is 41.7 Å². The molecule has 0 saturated carbocycles. The molecule has 0 atom stereocenters. The molecule has 0 aliphatic heterocycles. The van der Waals surface area contributed by atoms with Crippen LogP contribution in [0, 0.1) is 11.7 Å². The average molecular weight is 402 g/mol. The maximum atomic E-state index is 14.2. The fourth-order valence-corrected chi connectivity index (χ4v) is 3.18. The number of carbonyl (C=O) groups excluding carboxylic acids is 1. The predicted octanol–water partition coefficient (Wildman–Crippen LogP) is 5.04. The van der Waals surface area contributed by atoms with Crippen LogP contribution >= 0.6 is 0 Å². The van der Waals surface area contributed by atoms with Crippen LogP contribution in [0.2, 0.25) is 0 Å². The van der Waals surface area contributed by atoms with Gasteiger partial charge in [0.2, 0.25) is 0 Å². The SMILES string of the molecule is CCCC(C)(C)N(C)c1nc(-c2cc(F)cc(OCC(C)C)c2)ccc1C(N)=O. The third-order valence-electron chi connectivity index (χ3n) is 4.98. The molecule has 0 fully saturated rings. The number of pyridine rings is 1. The number of nitrogens with zero attached hydrogens (tertiary/aromatic N) is 2. The Hall–Kier alpha value is -2.63. The van der Waals surface area contributed by atoms with Gasteiger partial charge in [0.25, 0.3) is 5.91 Å². The van der Waals surface area contributed by atoms with Crippen molar-refractivity contribution in [3.8, 4) is 17.0 Å². The van der Waals surface area contributed by atoms with Crippen molar-refractivity contribution >= 4 is 11.7 Å². The Morgan fingerprint density at radius 2 is 1.97 bits per heavy atom. The molecule has 1 heterocycles. The number of benzene rings is 1. The molecule has 0 aliphatic carbocycles. The minimum atomic E-state index is -0.543. The van der Waals surface area contributed by atoms with Crippen LogP contribution < -0.4 is 15.4 Å². The molecule has 0 spiro atoms. The zero-order chi connectivity index (χ0) is 21.8. The summed E-state index contributed by atoms with van der Waals surface area (Å²) >= 11 is 0. The molecule has 6 heteroatoms. The van der Waals surface area contributed by atoms with Gasteiger partial charge in [0, 0.05) is 24.2 Å². The van der Waals surface area contributed by atoms with Gasteiger partial charge in [-0.3, -0.25) is 4.79 Å². The van der Waals surface area contributed by atoms with E-state index in [4.69, 9.17) is 15.5 Å². The van der Waals surface area contributed by atoms with Crippen molar-refractivity contribution in [2.24, 2.45) is 11.7 Å². The molecular formula is C23H32FN3O2. The zero-order valence-corrected chi connectivity index (χ0v) is 18.3. The Morgan fingerprint density at radius 3 is 2.55 bits per heavy atom. The molecule has 2 rings (SSSR count). The van der Waals surface area contributed by atoms with Gasteiger partial charge < -0.3 is 15.4 Å². The molecule has 2 aromatic rings. The summed E-state index contributed by atoms with van der Waals surface area (Å²) in [5, 5.41) is 0. The van der Waals surface area contributed by atoms with Gasteiger partial charge in [-0.05, 0) is 50.5 Å². The normalized spacial score (nSPS) is 11.6. The third kappa shape index (κ3) is 5.68. The molecule has 0 unspecified atom stereocenters. The Balaban J connectivity index is 2.51. The predicted molar refractivity (Wildman–Crippen MR) is 116 cm³/mol. The van der Waals surface area contributed by atoms with E-state index in [1.807, 2.05) is 25.8 Å². The summed E-state index contributed by atoms with van der Waals surface area (Å²) in [5.41, 5.74) is 6.85. The Bertz CT molecular complexity index is 865. The first kappa shape index (κ1) is 22.7. The van der Waals surface area contributed by atoms with E-state index < -0.39 is 11.7 Å². The second-order valence-corrected chi connectivity index (χ2v) is 8.43. The first-order valence-corrected chi connectivity index (χ1v) is 10.0. The fraction of sp³-hybridized carbons (Fsp3) is 0.478. The van der Waals surface area contributed by atoms with Crippen LogP contribution in [-0.2, 0) is 0 Å². The molecule has 0 bridgehead atoms. The highest BCUT2D eigenvalue weighted by atomic mass is 19.1. The standard InChI is InChI=1S/C23H32FN3O2/c1-7-10-23(4,5)27(6)22-19(21(25)28)8-9-20(26-22)16-11-17(24)13-18(12-16)29-14-15(2)3/h8-9,11-13,15H,7,10,14H2,1-6H3,(H2,25,28). The molecule has 2 N–H and O–H groups in total. The first-order chi connectivity index (χ1) is 13.5. The molecule has 1 amide bonds. The van der Waals surface area contributed by atoms with E-state index in [-0.39, 0.29) is 5.54 Å². The number of hydrogen-bond acceptors (Lipinski definition) is 4. The van der Waals surface area contributed by atoms with E-state index in [0.717, 1.165) is 12.8 Å². The van der Waals surface area contributed by atoms with Crippen LogP contribution in [0.4, 0.5) is 10.2 Å². The second kappa shape index (κ2) is 9.25. The van der Waals surface area contributed by atoms with Gasteiger partial charge in [0.15, 0.2) is 0 Å². The van der Waals surface area contributed by atoms with E-state index in [9.17, 15) is 9.18 Å². The summed E-state index contributed by atoms with van der Waals surface area (Å²) in [6.45, 7) is 10.9. The van der Waals surface area contributed by atoms with Crippen molar-refractivity contribution in [1.82, 2.24) is 4.98 Å².